The minimum atomic E-state index is -0.01000. The van der Waals surface area contributed by atoms with Crippen molar-refractivity contribution >= 4 is 40.3 Å². The average Bonchev–Trinajstić information content (AvgIpc) is 2.85. The minimum Gasteiger partial charge on any atom is -0.379 e. The Bertz CT molecular complexity index is 637. The lowest BCUT2D eigenvalue weighted by atomic mass is 10.2. The molecule has 2 aliphatic rings. The first-order chi connectivity index (χ1) is 11.2. The average molecular weight is 346 g/mol. The van der Waals surface area contributed by atoms with Crippen molar-refractivity contribution in [2.75, 3.05) is 33.0 Å². The van der Waals surface area contributed by atoms with Gasteiger partial charge in [-0.3, -0.25) is 14.6 Å². The molecule has 0 aliphatic carbocycles. The molecule has 0 spiro atoms. The Morgan fingerprint density at radius 2 is 1.96 bits per heavy atom. The summed E-state index contributed by atoms with van der Waals surface area (Å²) in [6.45, 7) is 3.65. The molecule has 2 fully saturated rings. The van der Waals surface area contributed by atoms with Crippen LogP contribution in [-0.2, 0) is 9.53 Å². The number of thioether (sulfide) groups is 1. The predicted octanol–water partition coefficient (Wildman–Crippen LogP) is 2.73. The van der Waals surface area contributed by atoms with Gasteiger partial charge in [-0.15, -0.1) is 0 Å². The van der Waals surface area contributed by atoms with Gasteiger partial charge in [0.05, 0.1) is 24.8 Å². The maximum atomic E-state index is 12.5. The highest BCUT2D eigenvalue weighted by Gasteiger charge is 2.32. The molecule has 3 rings (SSSR count). The molecule has 6 heteroatoms. The van der Waals surface area contributed by atoms with E-state index in [1.54, 1.807) is 4.90 Å². The summed E-state index contributed by atoms with van der Waals surface area (Å²) >= 11 is 6.72. The summed E-state index contributed by atoms with van der Waals surface area (Å²) in [5.74, 6) is -0.01000. The van der Waals surface area contributed by atoms with Crippen LogP contribution in [0.1, 0.15) is 5.56 Å². The minimum absolute atomic E-state index is 0.01000. The molecule has 0 bridgehead atoms. The zero-order valence-corrected chi connectivity index (χ0v) is 14.3. The smallest absolute Gasteiger partial charge is 0.267 e. The Morgan fingerprint density at radius 3 is 2.70 bits per heavy atom. The van der Waals surface area contributed by atoms with E-state index < -0.39 is 0 Å². The molecule has 1 aromatic carbocycles. The molecular weight excluding hydrogens is 328 g/mol. The maximum Gasteiger partial charge on any atom is 0.267 e. The first-order valence-electron chi connectivity index (χ1n) is 7.51. The second kappa shape index (κ2) is 7.88. The predicted molar refractivity (Wildman–Crippen MR) is 97.9 cm³/mol. The number of hydrogen-bond donors (Lipinski definition) is 0. The molecule has 0 radical (unpaired) electrons. The molecule has 0 N–H and O–H groups in total. The fourth-order valence-corrected chi connectivity index (χ4v) is 3.58. The largest absolute Gasteiger partial charge is 0.379 e. The summed E-state index contributed by atoms with van der Waals surface area (Å²) in [5.41, 5.74) is 1.10. The maximum absolute atomic E-state index is 12.5. The Balaban J connectivity index is 1.63. The van der Waals surface area contributed by atoms with Gasteiger partial charge in [-0.05, 0) is 11.6 Å². The molecule has 1 aromatic rings. The van der Waals surface area contributed by atoms with E-state index in [1.165, 1.54) is 11.8 Å². The third-order valence-electron chi connectivity index (χ3n) is 3.65. The van der Waals surface area contributed by atoms with E-state index in [0.717, 1.165) is 18.7 Å². The fourth-order valence-electron chi connectivity index (χ4n) is 2.39. The molecular formula is C17H18N2O2S2. The van der Waals surface area contributed by atoms with Crippen LogP contribution in [0.15, 0.2) is 47.4 Å². The molecule has 0 unspecified atom stereocenters. The van der Waals surface area contributed by atoms with Crippen molar-refractivity contribution in [1.29, 1.82) is 0 Å². The van der Waals surface area contributed by atoms with Crippen molar-refractivity contribution in [3.63, 3.8) is 0 Å². The Morgan fingerprint density at radius 1 is 1.22 bits per heavy atom. The first-order valence-corrected chi connectivity index (χ1v) is 8.74. The summed E-state index contributed by atoms with van der Waals surface area (Å²) < 4.78 is 5.96. The van der Waals surface area contributed by atoms with Crippen LogP contribution in [0.4, 0.5) is 0 Å². The second-order valence-electron chi connectivity index (χ2n) is 5.27. The summed E-state index contributed by atoms with van der Waals surface area (Å²) in [7, 11) is 0. The summed E-state index contributed by atoms with van der Waals surface area (Å²) in [4.78, 5) is 17.0. The van der Waals surface area contributed by atoms with Crippen molar-refractivity contribution < 1.29 is 9.53 Å². The number of carbonyl (C=O) groups is 1. The van der Waals surface area contributed by atoms with Crippen LogP contribution in [0.2, 0.25) is 0 Å². The number of ether oxygens (including phenoxy) is 1. The third-order valence-corrected chi connectivity index (χ3v) is 5.05. The van der Waals surface area contributed by atoms with Gasteiger partial charge in [0.15, 0.2) is 0 Å². The zero-order valence-electron chi connectivity index (χ0n) is 12.7. The van der Waals surface area contributed by atoms with Crippen molar-refractivity contribution in [3.8, 4) is 0 Å². The third kappa shape index (κ3) is 4.29. The van der Waals surface area contributed by atoms with E-state index in [1.807, 2.05) is 48.6 Å². The zero-order chi connectivity index (χ0) is 16.1. The van der Waals surface area contributed by atoms with Crippen molar-refractivity contribution in [1.82, 2.24) is 9.80 Å². The topological polar surface area (TPSA) is 32.8 Å². The van der Waals surface area contributed by atoms with Gasteiger partial charge in [0.2, 0.25) is 0 Å². The normalized spacial score (nSPS) is 21.7. The molecule has 23 heavy (non-hydrogen) atoms. The number of rotatable bonds is 4. The van der Waals surface area contributed by atoms with Gasteiger partial charge in [0.25, 0.3) is 5.91 Å². The summed E-state index contributed by atoms with van der Waals surface area (Å²) in [6.07, 6.45) is 5.72. The van der Waals surface area contributed by atoms with Gasteiger partial charge < -0.3 is 4.74 Å². The molecule has 0 aromatic heterocycles. The van der Waals surface area contributed by atoms with Gasteiger partial charge in [0.1, 0.15) is 4.32 Å². The first kappa shape index (κ1) is 16.4. The number of benzene rings is 1. The lowest BCUT2D eigenvalue weighted by Gasteiger charge is -2.29. The van der Waals surface area contributed by atoms with Gasteiger partial charge in [-0.1, -0.05) is 66.5 Å². The van der Waals surface area contributed by atoms with Crippen molar-refractivity contribution in [2.24, 2.45) is 0 Å². The lowest BCUT2D eigenvalue weighted by molar-refractivity contribution is -0.124. The molecule has 0 saturated carbocycles. The molecule has 4 nitrogen and oxygen atoms in total. The van der Waals surface area contributed by atoms with Crippen LogP contribution in [0, 0.1) is 0 Å². The Labute approximate surface area is 145 Å². The highest BCUT2D eigenvalue weighted by atomic mass is 32.2. The fraction of sp³-hybridized carbons (Fsp3) is 0.294. The number of morpholine rings is 1. The number of hydrogen-bond acceptors (Lipinski definition) is 5. The van der Waals surface area contributed by atoms with Gasteiger partial charge in [-0.2, -0.15) is 0 Å². The van der Waals surface area contributed by atoms with Crippen LogP contribution in [0.3, 0.4) is 0 Å². The number of nitrogens with zero attached hydrogens (tertiary/aromatic N) is 2. The van der Waals surface area contributed by atoms with Crippen LogP contribution in [0.25, 0.3) is 6.08 Å². The van der Waals surface area contributed by atoms with Crippen LogP contribution >= 0.6 is 24.0 Å². The molecule has 2 aliphatic heterocycles. The molecule has 1 amide bonds. The molecule has 0 atom stereocenters. The second-order valence-corrected chi connectivity index (χ2v) is 6.95. The summed E-state index contributed by atoms with van der Waals surface area (Å²) in [6, 6.07) is 10.00. The lowest BCUT2D eigenvalue weighted by Crippen LogP contribution is -2.45. The number of amides is 1. The van der Waals surface area contributed by atoms with E-state index in [2.05, 4.69) is 4.90 Å². The highest BCUT2D eigenvalue weighted by Crippen LogP contribution is 2.31. The van der Waals surface area contributed by atoms with Crippen LogP contribution < -0.4 is 0 Å². The van der Waals surface area contributed by atoms with Crippen LogP contribution in [-0.4, -0.2) is 53.0 Å². The quantitative estimate of drug-likeness (QED) is 0.618. The Hall–Kier alpha value is -1.47. The molecule has 2 saturated heterocycles. The van der Waals surface area contributed by atoms with Gasteiger partial charge in [-0.25, -0.2) is 0 Å². The van der Waals surface area contributed by atoms with E-state index >= 15 is 0 Å². The van der Waals surface area contributed by atoms with Gasteiger partial charge >= 0.3 is 0 Å². The summed E-state index contributed by atoms with van der Waals surface area (Å²) in [5, 5.41) is 0. The van der Waals surface area contributed by atoms with Crippen molar-refractivity contribution in [2.45, 2.75) is 0 Å². The number of thiocarbonyl (C=S) groups is 1. The van der Waals surface area contributed by atoms with E-state index in [0.29, 0.717) is 29.1 Å². The van der Waals surface area contributed by atoms with Gasteiger partial charge in [0, 0.05) is 13.1 Å². The van der Waals surface area contributed by atoms with Crippen LogP contribution in [0.5, 0.6) is 0 Å². The van der Waals surface area contributed by atoms with E-state index in [-0.39, 0.29) is 5.91 Å². The Kier molecular flexibility index (Phi) is 5.61. The van der Waals surface area contributed by atoms with Crippen molar-refractivity contribution in [3.05, 3.63) is 53.0 Å². The highest BCUT2D eigenvalue weighted by molar-refractivity contribution is 8.26. The standard InChI is InChI=1S/C17H18N2O2S2/c20-16-15(8-4-7-14-5-2-1-3-6-14)23-17(22)19(16)13-18-9-11-21-12-10-18/h1-8H,9-13H2/b7-4+,15-8+. The molecule has 120 valence electrons. The monoisotopic (exact) mass is 346 g/mol. The molecule has 2 heterocycles. The number of allylic oxidation sites excluding steroid dienone is 2. The SMILES string of the molecule is O=C1/C(=C\C=C\c2ccccc2)SC(=S)N1CN1CCOCC1. The van der Waals surface area contributed by atoms with E-state index in [9.17, 15) is 4.79 Å². The number of carbonyl (C=O) groups excluding carboxylic acids is 1. The van der Waals surface area contributed by atoms with E-state index in [4.69, 9.17) is 17.0 Å².